The zero-order chi connectivity index (χ0) is 9.14. The molecule has 0 amide bonds. The highest BCUT2D eigenvalue weighted by atomic mass is 16.6. The second kappa shape index (κ2) is 4.26. The van der Waals surface area contributed by atoms with Crippen molar-refractivity contribution in [1.29, 1.82) is 0 Å². The first kappa shape index (κ1) is 10.0. The molecule has 1 aliphatic rings. The Morgan fingerprint density at radius 3 is 2.83 bits per heavy atom. The molecule has 1 fully saturated rings. The SMILES string of the molecule is [B][C@H]1CC(OC(C)C)[C@@H](C[NH3+])O1. The van der Waals surface area contributed by atoms with Crippen LogP contribution >= 0.6 is 0 Å². The number of rotatable bonds is 3. The fourth-order valence-corrected chi connectivity index (χ4v) is 1.50. The van der Waals surface area contributed by atoms with Gasteiger partial charge in [-0.15, -0.1) is 0 Å². The van der Waals surface area contributed by atoms with Crippen LogP contribution in [-0.2, 0) is 9.47 Å². The number of hydrogen-bond donors (Lipinski definition) is 1. The molecule has 12 heavy (non-hydrogen) atoms. The van der Waals surface area contributed by atoms with Crippen molar-refractivity contribution in [1.82, 2.24) is 0 Å². The summed E-state index contributed by atoms with van der Waals surface area (Å²) in [5.74, 6) is 0. The lowest BCUT2D eigenvalue weighted by Crippen LogP contribution is -2.58. The molecule has 1 rings (SSSR count). The topological polar surface area (TPSA) is 46.1 Å². The van der Waals surface area contributed by atoms with Crippen LogP contribution in [0, 0.1) is 0 Å². The smallest absolute Gasteiger partial charge is 0.132 e. The Bertz CT molecular complexity index is 143. The van der Waals surface area contributed by atoms with Crippen LogP contribution in [0.4, 0.5) is 0 Å². The summed E-state index contributed by atoms with van der Waals surface area (Å²) in [7, 11) is 5.64. The molecule has 1 heterocycles. The summed E-state index contributed by atoms with van der Waals surface area (Å²) in [4.78, 5) is 0. The molecular formula is C8H17BNO2+. The van der Waals surface area contributed by atoms with E-state index in [-0.39, 0.29) is 24.3 Å². The molecule has 3 nitrogen and oxygen atoms in total. The van der Waals surface area contributed by atoms with Crippen molar-refractivity contribution < 1.29 is 15.2 Å². The van der Waals surface area contributed by atoms with E-state index in [9.17, 15) is 0 Å². The Kier molecular flexibility index (Phi) is 3.56. The predicted octanol–water partition coefficient (Wildman–Crippen LogP) is -0.695. The quantitative estimate of drug-likeness (QED) is 0.569. The van der Waals surface area contributed by atoms with E-state index in [1.165, 1.54) is 0 Å². The molecule has 0 saturated carbocycles. The van der Waals surface area contributed by atoms with Crippen molar-refractivity contribution in [3.8, 4) is 0 Å². The van der Waals surface area contributed by atoms with Gasteiger partial charge < -0.3 is 15.2 Å². The Hall–Kier alpha value is -0.0551. The molecule has 1 aliphatic heterocycles. The average Bonchev–Trinajstić information content (AvgIpc) is 2.29. The van der Waals surface area contributed by atoms with Crippen LogP contribution in [0.15, 0.2) is 0 Å². The normalized spacial score (nSPS) is 36.2. The van der Waals surface area contributed by atoms with Crippen molar-refractivity contribution >= 4 is 7.85 Å². The molecule has 0 aliphatic carbocycles. The molecule has 1 unspecified atom stereocenters. The summed E-state index contributed by atoms with van der Waals surface area (Å²) in [5, 5.41) is 0. The van der Waals surface area contributed by atoms with Crippen LogP contribution in [0.2, 0.25) is 0 Å². The van der Waals surface area contributed by atoms with Gasteiger partial charge in [0.05, 0.1) is 12.2 Å². The van der Waals surface area contributed by atoms with E-state index in [0.29, 0.717) is 0 Å². The molecule has 0 aromatic heterocycles. The van der Waals surface area contributed by atoms with Crippen molar-refractivity contribution in [3.05, 3.63) is 0 Å². The van der Waals surface area contributed by atoms with Gasteiger partial charge in [0.1, 0.15) is 20.5 Å². The van der Waals surface area contributed by atoms with Crippen LogP contribution in [0.5, 0.6) is 0 Å². The minimum Gasteiger partial charge on any atom is -0.376 e. The van der Waals surface area contributed by atoms with Gasteiger partial charge in [-0.25, -0.2) is 0 Å². The lowest BCUT2D eigenvalue weighted by molar-refractivity contribution is -0.388. The lowest BCUT2D eigenvalue weighted by atomic mass is 9.96. The fraction of sp³-hybridized carbons (Fsp3) is 1.00. The molecule has 68 valence electrons. The molecule has 3 atom stereocenters. The summed E-state index contributed by atoms with van der Waals surface area (Å²) in [5.41, 5.74) is 3.80. The van der Waals surface area contributed by atoms with Gasteiger partial charge in [-0.05, 0) is 20.3 Å². The Balaban J connectivity index is 2.40. The maximum atomic E-state index is 5.64. The predicted molar refractivity (Wildman–Crippen MR) is 46.8 cm³/mol. The van der Waals surface area contributed by atoms with Crippen LogP contribution in [-0.4, -0.2) is 38.7 Å². The molecule has 1 saturated heterocycles. The largest absolute Gasteiger partial charge is 0.376 e. The standard InChI is InChI=1S/C8H16BNO2/c1-5(2)11-6-3-8(9)12-7(6)4-10/h5-8H,3-4,10H2,1-2H3/p+1/t6?,7-,8-/m1/s1. The molecular weight excluding hydrogens is 153 g/mol. The van der Waals surface area contributed by atoms with Crippen molar-refractivity contribution in [2.75, 3.05) is 6.54 Å². The third-order valence-electron chi connectivity index (χ3n) is 1.96. The number of quaternary nitrogens is 1. The average molecular weight is 170 g/mol. The molecule has 3 N–H and O–H groups in total. The second-order valence-electron chi connectivity index (χ2n) is 3.46. The molecule has 2 radical (unpaired) electrons. The lowest BCUT2D eigenvalue weighted by Gasteiger charge is -2.18. The third-order valence-corrected chi connectivity index (χ3v) is 1.96. The van der Waals surface area contributed by atoms with Crippen molar-refractivity contribution in [2.24, 2.45) is 0 Å². The van der Waals surface area contributed by atoms with E-state index in [1.54, 1.807) is 0 Å². The van der Waals surface area contributed by atoms with Gasteiger partial charge in [-0.2, -0.15) is 0 Å². The number of hydrogen-bond acceptors (Lipinski definition) is 2. The van der Waals surface area contributed by atoms with Gasteiger partial charge in [0, 0.05) is 6.00 Å². The Morgan fingerprint density at radius 2 is 2.33 bits per heavy atom. The summed E-state index contributed by atoms with van der Waals surface area (Å²) in [6.07, 6.45) is 1.25. The van der Waals surface area contributed by atoms with E-state index in [4.69, 9.17) is 17.3 Å². The van der Waals surface area contributed by atoms with Gasteiger partial charge >= 0.3 is 0 Å². The Morgan fingerprint density at radius 1 is 1.67 bits per heavy atom. The summed E-state index contributed by atoms with van der Waals surface area (Å²) >= 11 is 0. The molecule has 4 heteroatoms. The first-order valence-corrected chi connectivity index (χ1v) is 4.49. The molecule has 0 spiro atoms. The van der Waals surface area contributed by atoms with E-state index in [1.807, 2.05) is 13.8 Å². The first-order chi connectivity index (χ1) is 5.63. The Labute approximate surface area is 75.0 Å². The highest BCUT2D eigenvalue weighted by Gasteiger charge is 2.34. The minimum absolute atomic E-state index is 0.0856. The highest BCUT2D eigenvalue weighted by molar-refractivity contribution is 6.11. The van der Waals surface area contributed by atoms with Crippen molar-refractivity contribution in [3.63, 3.8) is 0 Å². The zero-order valence-corrected chi connectivity index (χ0v) is 7.82. The van der Waals surface area contributed by atoms with Crippen molar-refractivity contribution in [2.45, 2.75) is 44.6 Å². The van der Waals surface area contributed by atoms with E-state index in [0.717, 1.165) is 13.0 Å². The maximum absolute atomic E-state index is 5.64. The molecule has 0 bridgehead atoms. The van der Waals surface area contributed by atoms with Gasteiger partial charge in [-0.3, -0.25) is 0 Å². The van der Waals surface area contributed by atoms with Crippen LogP contribution in [0.3, 0.4) is 0 Å². The van der Waals surface area contributed by atoms with E-state index >= 15 is 0 Å². The van der Waals surface area contributed by atoms with Gasteiger partial charge in [0.25, 0.3) is 0 Å². The van der Waals surface area contributed by atoms with Gasteiger partial charge in [0.15, 0.2) is 0 Å². The van der Waals surface area contributed by atoms with Gasteiger partial charge in [0.2, 0.25) is 0 Å². The summed E-state index contributed by atoms with van der Waals surface area (Å²) in [6.45, 7) is 4.76. The maximum Gasteiger partial charge on any atom is 0.132 e. The zero-order valence-electron chi connectivity index (χ0n) is 7.82. The number of ether oxygens (including phenoxy) is 2. The van der Waals surface area contributed by atoms with E-state index in [2.05, 4.69) is 5.73 Å². The third kappa shape index (κ3) is 2.47. The molecule has 0 aromatic carbocycles. The first-order valence-electron chi connectivity index (χ1n) is 4.49. The van der Waals surface area contributed by atoms with Crippen LogP contribution in [0.1, 0.15) is 20.3 Å². The molecule has 0 aromatic rings. The second-order valence-corrected chi connectivity index (χ2v) is 3.46. The summed E-state index contributed by atoms with van der Waals surface area (Å²) < 4.78 is 11.1. The van der Waals surface area contributed by atoms with Crippen LogP contribution < -0.4 is 5.73 Å². The minimum atomic E-state index is -0.166. The monoisotopic (exact) mass is 170 g/mol. The van der Waals surface area contributed by atoms with Crippen LogP contribution in [0.25, 0.3) is 0 Å². The summed E-state index contributed by atoms with van der Waals surface area (Å²) in [6, 6.07) is -0.166. The van der Waals surface area contributed by atoms with Gasteiger partial charge in [-0.1, -0.05) is 0 Å². The van der Waals surface area contributed by atoms with E-state index < -0.39 is 0 Å². The fourth-order valence-electron chi connectivity index (χ4n) is 1.50. The highest BCUT2D eigenvalue weighted by Crippen LogP contribution is 2.21.